The molecule has 1 saturated carbocycles. The van der Waals surface area contributed by atoms with Gasteiger partial charge < -0.3 is 10.1 Å². The molecule has 0 radical (unpaired) electrons. The minimum Gasteiger partial charge on any atom is -0.489 e. The van der Waals surface area contributed by atoms with Gasteiger partial charge >= 0.3 is 0 Å². The summed E-state index contributed by atoms with van der Waals surface area (Å²) in [6, 6.07) is 8.04. The topological polar surface area (TPSA) is 38.3 Å². The highest BCUT2D eigenvalue weighted by molar-refractivity contribution is 5.79. The predicted octanol–water partition coefficient (Wildman–Crippen LogP) is 3.65. The van der Waals surface area contributed by atoms with Gasteiger partial charge in [0.25, 0.3) is 0 Å². The van der Waals surface area contributed by atoms with E-state index in [4.69, 9.17) is 4.74 Å². The summed E-state index contributed by atoms with van der Waals surface area (Å²) in [5.41, 5.74) is 1.05. The molecule has 0 saturated heterocycles. The van der Waals surface area contributed by atoms with Gasteiger partial charge in [0.1, 0.15) is 11.5 Å². The summed E-state index contributed by atoms with van der Waals surface area (Å²) >= 11 is 0. The van der Waals surface area contributed by atoms with Crippen molar-refractivity contribution in [2.45, 2.75) is 45.6 Å². The molecule has 0 unspecified atom stereocenters. The van der Waals surface area contributed by atoms with E-state index in [0.29, 0.717) is 11.7 Å². The molecule has 0 aliphatic heterocycles. The number of para-hydroxylation sites is 2. The lowest BCUT2D eigenvalue weighted by atomic mass is 9.88. The smallest absolute Gasteiger partial charge is 0.142 e. The molecule has 0 aromatic heterocycles. The lowest BCUT2D eigenvalue weighted by Gasteiger charge is -2.22. The summed E-state index contributed by atoms with van der Waals surface area (Å²) < 4.78 is 5.79. The monoisotopic (exact) mass is 261 g/mol. The lowest BCUT2D eigenvalue weighted by molar-refractivity contribution is -0.120. The molecule has 1 fully saturated rings. The first-order valence-corrected chi connectivity index (χ1v) is 7.16. The second-order valence-corrected chi connectivity index (χ2v) is 5.53. The molecular weight excluding hydrogens is 238 g/mol. The Hall–Kier alpha value is -1.51. The van der Waals surface area contributed by atoms with Crippen molar-refractivity contribution in [2.24, 2.45) is 5.92 Å². The van der Waals surface area contributed by atoms with Gasteiger partial charge in [-0.25, -0.2) is 0 Å². The number of carbonyl (C=O) groups excluding carboxylic acids is 1. The van der Waals surface area contributed by atoms with Crippen molar-refractivity contribution in [2.75, 3.05) is 11.9 Å². The molecule has 1 aromatic carbocycles. The number of nitrogens with one attached hydrogen (secondary N) is 1. The summed E-state index contributed by atoms with van der Waals surface area (Å²) in [6.45, 7) is 4.98. The van der Waals surface area contributed by atoms with Crippen LogP contribution in [0.1, 0.15) is 39.5 Å². The van der Waals surface area contributed by atoms with E-state index in [1.165, 1.54) is 0 Å². The largest absolute Gasteiger partial charge is 0.489 e. The Morgan fingerprint density at radius 1 is 1.26 bits per heavy atom. The van der Waals surface area contributed by atoms with Gasteiger partial charge in [0.15, 0.2) is 0 Å². The molecule has 0 atom stereocenters. The van der Waals surface area contributed by atoms with E-state index in [9.17, 15) is 4.79 Å². The van der Waals surface area contributed by atoms with E-state index < -0.39 is 0 Å². The van der Waals surface area contributed by atoms with Gasteiger partial charge in [0.05, 0.1) is 11.8 Å². The van der Waals surface area contributed by atoms with Crippen LogP contribution in [0.25, 0.3) is 0 Å². The molecule has 1 N–H and O–H groups in total. The number of Topliss-reactive ketones (excluding diaryl/α,β-unsaturated/α-hetero) is 1. The first-order valence-electron chi connectivity index (χ1n) is 7.16. The van der Waals surface area contributed by atoms with Crippen molar-refractivity contribution in [1.82, 2.24) is 0 Å². The van der Waals surface area contributed by atoms with Gasteiger partial charge in [-0.3, -0.25) is 4.79 Å². The first kappa shape index (κ1) is 13.9. The zero-order valence-corrected chi connectivity index (χ0v) is 11.8. The minimum absolute atomic E-state index is 0.176. The lowest BCUT2D eigenvalue weighted by Crippen LogP contribution is -2.21. The molecule has 1 aliphatic carbocycles. The van der Waals surface area contributed by atoms with Crippen LogP contribution in [0.15, 0.2) is 24.3 Å². The maximum absolute atomic E-state index is 11.2. The number of carbonyl (C=O) groups is 1. The van der Waals surface area contributed by atoms with E-state index >= 15 is 0 Å². The Morgan fingerprint density at radius 3 is 2.63 bits per heavy atom. The van der Waals surface area contributed by atoms with Crippen molar-refractivity contribution >= 4 is 11.5 Å². The maximum atomic E-state index is 11.2. The molecule has 0 spiro atoms. The van der Waals surface area contributed by atoms with Crippen molar-refractivity contribution in [1.29, 1.82) is 0 Å². The van der Waals surface area contributed by atoms with Crippen LogP contribution in [0.3, 0.4) is 0 Å². The fraction of sp³-hybridized carbons (Fsp3) is 0.562. The van der Waals surface area contributed by atoms with Crippen LogP contribution in [0, 0.1) is 5.92 Å². The summed E-state index contributed by atoms with van der Waals surface area (Å²) in [7, 11) is 0. The Morgan fingerprint density at radius 2 is 1.95 bits per heavy atom. The highest BCUT2D eigenvalue weighted by atomic mass is 16.5. The number of hydrogen-bond donors (Lipinski definition) is 1. The second kappa shape index (κ2) is 6.60. The van der Waals surface area contributed by atoms with Gasteiger partial charge in [-0.1, -0.05) is 12.1 Å². The average molecular weight is 261 g/mol. The van der Waals surface area contributed by atoms with Crippen LogP contribution in [0.4, 0.5) is 5.69 Å². The van der Waals surface area contributed by atoms with Crippen molar-refractivity contribution < 1.29 is 9.53 Å². The molecule has 1 aliphatic rings. The summed E-state index contributed by atoms with van der Waals surface area (Å²) in [4.78, 5) is 11.2. The Kier molecular flexibility index (Phi) is 4.83. The van der Waals surface area contributed by atoms with E-state index in [0.717, 1.165) is 43.7 Å². The van der Waals surface area contributed by atoms with E-state index in [2.05, 4.69) is 5.32 Å². The molecule has 0 amide bonds. The molecule has 1 aromatic rings. The van der Waals surface area contributed by atoms with Crippen LogP contribution in [0.5, 0.6) is 5.75 Å². The first-order chi connectivity index (χ1) is 9.15. The zero-order chi connectivity index (χ0) is 13.7. The molecule has 0 bridgehead atoms. The molecule has 19 heavy (non-hydrogen) atoms. The predicted molar refractivity (Wildman–Crippen MR) is 77.7 cm³/mol. The van der Waals surface area contributed by atoms with Gasteiger partial charge in [-0.2, -0.15) is 0 Å². The Labute approximate surface area is 115 Å². The average Bonchev–Trinajstić information content (AvgIpc) is 2.39. The summed E-state index contributed by atoms with van der Waals surface area (Å²) in [5, 5.41) is 3.47. The van der Waals surface area contributed by atoms with Crippen LogP contribution < -0.4 is 10.1 Å². The Bertz CT molecular complexity index is 419. The maximum Gasteiger partial charge on any atom is 0.142 e. The quantitative estimate of drug-likeness (QED) is 0.879. The highest BCUT2D eigenvalue weighted by Crippen LogP contribution is 2.27. The molecule has 0 heterocycles. The van der Waals surface area contributed by atoms with E-state index in [1.807, 2.05) is 38.1 Å². The minimum atomic E-state index is 0.176. The number of ketones is 1. The third-order valence-corrected chi connectivity index (χ3v) is 3.49. The van der Waals surface area contributed by atoms with Gasteiger partial charge in [0, 0.05) is 19.4 Å². The van der Waals surface area contributed by atoms with Crippen LogP contribution in [-0.2, 0) is 4.79 Å². The van der Waals surface area contributed by atoms with Crippen LogP contribution in [-0.4, -0.2) is 18.4 Å². The van der Waals surface area contributed by atoms with Gasteiger partial charge in [-0.15, -0.1) is 0 Å². The number of ether oxygens (including phenoxy) is 1. The summed E-state index contributed by atoms with van der Waals surface area (Å²) in [5.74, 6) is 1.92. The highest BCUT2D eigenvalue weighted by Gasteiger charge is 2.18. The molecule has 2 rings (SSSR count). The van der Waals surface area contributed by atoms with Crippen molar-refractivity contribution in [3.05, 3.63) is 24.3 Å². The zero-order valence-electron chi connectivity index (χ0n) is 11.8. The normalized spacial score (nSPS) is 16.7. The van der Waals surface area contributed by atoms with Crippen molar-refractivity contribution in [3.8, 4) is 5.75 Å². The molecule has 104 valence electrons. The third-order valence-electron chi connectivity index (χ3n) is 3.49. The fourth-order valence-corrected chi connectivity index (χ4v) is 2.43. The number of hydrogen-bond acceptors (Lipinski definition) is 3. The molecule has 3 heteroatoms. The number of rotatable bonds is 5. The molecular formula is C16H23NO2. The van der Waals surface area contributed by atoms with Crippen molar-refractivity contribution in [3.63, 3.8) is 0 Å². The van der Waals surface area contributed by atoms with Gasteiger partial charge in [-0.05, 0) is 44.7 Å². The summed E-state index contributed by atoms with van der Waals surface area (Å²) in [6.07, 6.45) is 3.70. The SMILES string of the molecule is CC(C)Oc1ccccc1NCC1CCC(=O)CC1. The number of benzene rings is 1. The second-order valence-electron chi connectivity index (χ2n) is 5.53. The van der Waals surface area contributed by atoms with Crippen LogP contribution in [0.2, 0.25) is 0 Å². The van der Waals surface area contributed by atoms with Gasteiger partial charge in [0.2, 0.25) is 0 Å². The van der Waals surface area contributed by atoms with E-state index in [-0.39, 0.29) is 6.10 Å². The van der Waals surface area contributed by atoms with Crippen LogP contribution >= 0.6 is 0 Å². The molecule has 3 nitrogen and oxygen atoms in total. The number of anilines is 1. The fourth-order valence-electron chi connectivity index (χ4n) is 2.43. The van der Waals surface area contributed by atoms with E-state index in [1.54, 1.807) is 0 Å². The Balaban J connectivity index is 1.90. The standard InChI is InChI=1S/C16H23NO2/c1-12(2)19-16-6-4-3-5-15(16)17-11-13-7-9-14(18)10-8-13/h3-6,12-13,17H,7-11H2,1-2H3. The third kappa shape index (κ3) is 4.27.